The van der Waals surface area contributed by atoms with Crippen LogP contribution in [-0.2, 0) is 17.5 Å². The molecule has 0 atom stereocenters. The molecule has 3 aromatic heterocycles. The second kappa shape index (κ2) is 9.99. The molecule has 214 valence electrons. The normalized spacial score (nSPS) is 14.2. The van der Waals surface area contributed by atoms with E-state index in [1.165, 1.54) is 0 Å². The molecule has 0 bridgehead atoms. The monoisotopic (exact) mass is 561 g/mol. The maximum Gasteiger partial charge on any atom is 0.192 e. The Morgan fingerprint density at radius 1 is 1.02 bits per heavy atom. The van der Waals surface area contributed by atoms with Crippen LogP contribution in [0, 0.1) is 6.92 Å². The van der Waals surface area contributed by atoms with Crippen LogP contribution in [0.2, 0.25) is 18.1 Å². The van der Waals surface area contributed by atoms with Crippen LogP contribution in [-0.4, -0.2) is 54.4 Å². The number of hydrogen-bond acceptors (Lipinski definition) is 6. The Bertz CT molecular complexity index is 1520. The van der Waals surface area contributed by atoms with E-state index in [-0.39, 0.29) is 16.7 Å². The molecular weight excluding hydrogens is 518 g/mol. The highest BCUT2D eigenvalue weighted by Crippen LogP contribution is 2.40. The Hall–Kier alpha value is -3.24. The fourth-order valence-electron chi connectivity index (χ4n) is 5.05. The molecule has 5 rings (SSSR count). The lowest BCUT2D eigenvalue weighted by molar-refractivity contribution is 0.0723. The maximum atomic E-state index is 6.79. The van der Waals surface area contributed by atoms with E-state index in [0.717, 1.165) is 52.3 Å². The van der Waals surface area contributed by atoms with E-state index in [0.29, 0.717) is 13.2 Å². The number of benzene rings is 1. The van der Waals surface area contributed by atoms with Gasteiger partial charge in [0, 0.05) is 24.0 Å². The maximum absolute atomic E-state index is 6.79. The Morgan fingerprint density at radius 2 is 1.77 bits per heavy atom. The standard InChI is InChI=1S/C30H43N7O2Si/c1-20(2)37-28(31-19-32-37)25-17-35-13-14-38-26-15-22(11-12-23(26)27(35)34-25)24-16-36(21(3)33-24)18-30(7,8)39-40(9,10)29(4,5)6/h11-12,15-17,19-20H,13-14,18H2,1-10H3. The molecule has 40 heavy (non-hydrogen) atoms. The van der Waals surface area contributed by atoms with Gasteiger partial charge in [0.1, 0.15) is 36.0 Å². The third kappa shape index (κ3) is 5.39. The molecule has 4 aromatic rings. The zero-order valence-corrected chi connectivity index (χ0v) is 26.6. The number of fused-ring (bicyclic) bond motifs is 3. The summed E-state index contributed by atoms with van der Waals surface area (Å²) in [5, 5.41) is 4.54. The van der Waals surface area contributed by atoms with Crippen molar-refractivity contribution in [3.8, 4) is 39.9 Å². The molecule has 1 aliphatic rings. The first-order chi connectivity index (χ1) is 18.6. The lowest BCUT2D eigenvalue weighted by atomic mass is 10.1. The summed E-state index contributed by atoms with van der Waals surface area (Å²) < 4.78 is 19.2. The first kappa shape index (κ1) is 28.3. The van der Waals surface area contributed by atoms with Gasteiger partial charge in [-0.05, 0) is 64.9 Å². The predicted molar refractivity (Wildman–Crippen MR) is 161 cm³/mol. The molecule has 0 unspecified atom stereocenters. The minimum absolute atomic E-state index is 0.156. The predicted octanol–water partition coefficient (Wildman–Crippen LogP) is 6.75. The summed E-state index contributed by atoms with van der Waals surface area (Å²) in [6.45, 7) is 24.1. The number of nitrogens with zero attached hydrogens (tertiary/aromatic N) is 7. The van der Waals surface area contributed by atoms with Crippen molar-refractivity contribution in [2.75, 3.05) is 6.61 Å². The van der Waals surface area contributed by atoms with Crippen molar-refractivity contribution in [1.82, 2.24) is 33.9 Å². The first-order valence-electron chi connectivity index (χ1n) is 14.1. The fraction of sp³-hybridized carbons (Fsp3) is 0.533. The molecule has 0 fully saturated rings. The number of aryl methyl sites for hydroxylation is 1. The first-order valence-corrected chi connectivity index (χ1v) is 17.0. The summed E-state index contributed by atoms with van der Waals surface area (Å²) in [6.07, 6.45) is 5.76. The SMILES string of the molecule is Cc1nc(-c2ccc3c(c2)OCCn2cc(-c4ncnn4C(C)C)nc2-3)cn1CC(C)(C)O[Si](C)(C)C(C)(C)C. The highest BCUT2D eigenvalue weighted by molar-refractivity contribution is 6.74. The second-order valence-corrected chi connectivity index (χ2v) is 18.0. The van der Waals surface area contributed by atoms with Crippen molar-refractivity contribution >= 4 is 8.32 Å². The second-order valence-electron chi connectivity index (χ2n) is 13.2. The van der Waals surface area contributed by atoms with Crippen molar-refractivity contribution in [1.29, 1.82) is 0 Å². The average Bonchev–Trinajstić information content (AvgIpc) is 3.54. The van der Waals surface area contributed by atoms with Gasteiger partial charge in [-0.1, -0.05) is 26.8 Å². The summed E-state index contributed by atoms with van der Waals surface area (Å²) in [5.41, 5.74) is 3.41. The van der Waals surface area contributed by atoms with E-state index in [4.69, 9.17) is 19.1 Å². The quantitative estimate of drug-likeness (QED) is 0.232. The van der Waals surface area contributed by atoms with Crippen LogP contribution < -0.4 is 4.74 Å². The summed E-state index contributed by atoms with van der Waals surface area (Å²) in [4.78, 5) is 14.4. The molecule has 0 N–H and O–H groups in total. The van der Waals surface area contributed by atoms with Crippen molar-refractivity contribution in [3.05, 3.63) is 42.7 Å². The van der Waals surface area contributed by atoms with Gasteiger partial charge >= 0.3 is 0 Å². The Morgan fingerprint density at radius 3 is 2.48 bits per heavy atom. The van der Waals surface area contributed by atoms with Crippen LogP contribution in [0.15, 0.2) is 36.9 Å². The van der Waals surface area contributed by atoms with Gasteiger partial charge in [0.2, 0.25) is 0 Å². The van der Waals surface area contributed by atoms with Gasteiger partial charge in [-0.25, -0.2) is 19.6 Å². The van der Waals surface area contributed by atoms with Gasteiger partial charge < -0.3 is 18.3 Å². The topological polar surface area (TPSA) is 84.8 Å². The highest BCUT2D eigenvalue weighted by atomic mass is 28.4. The van der Waals surface area contributed by atoms with Crippen molar-refractivity contribution in [2.24, 2.45) is 0 Å². The molecule has 1 aromatic carbocycles. The van der Waals surface area contributed by atoms with Crippen molar-refractivity contribution < 1.29 is 9.16 Å². The molecule has 0 amide bonds. The van der Waals surface area contributed by atoms with Gasteiger partial charge in [0.05, 0.1) is 29.9 Å². The third-order valence-corrected chi connectivity index (χ3v) is 12.7. The van der Waals surface area contributed by atoms with E-state index in [1.807, 2.05) is 10.9 Å². The van der Waals surface area contributed by atoms with E-state index in [2.05, 4.69) is 112 Å². The third-order valence-electron chi connectivity index (χ3n) is 8.04. The van der Waals surface area contributed by atoms with Crippen molar-refractivity contribution in [2.45, 2.75) is 98.3 Å². The van der Waals surface area contributed by atoms with Crippen LogP contribution in [0.3, 0.4) is 0 Å². The molecule has 0 saturated carbocycles. The zero-order chi connectivity index (χ0) is 29.0. The Labute approximate surface area is 238 Å². The lowest BCUT2D eigenvalue weighted by Crippen LogP contribution is -2.49. The van der Waals surface area contributed by atoms with Crippen LogP contribution in [0.5, 0.6) is 5.75 Å². The lowest BCUT2D eigenvalue weighted by Gasteiger charge is -2.43. The van der Waals surface area contributed by atoms with E-state index < -0.39 is 8.32 Å². The molecule has 4 heterocycles. The molecule has 0 radical (unpaired) electrons. The van der Waals surface area contributed by atoms with Crippen LogP contribution >= 0.6 is 0 Å². The van der Waals surface area contributed by atoms with E-state index >= 15 is 0 Å². The summed E-state index contributed by atoms with van der Waals surface area (Å²) in [7, 11) is -1.91. The largest absolute Gasteiger partial charge is 0.491 e. The number of rotatable bonds is 7. The van der Waals surface area contributed by atoms with E-state index in [9.17, 15) is 0 Å². The van der Waals surface area contributed by atoms with Gasteiger partial charge in [0.25, 0.3) is 0 Å². The minimum Gasteiger partial charge on any atom is -0.491 e. The van der Waals surface area contributed by atoms with Crippen molar-refractivity contribution in [3.63, 3.8) is 0 Å². The molecular formula is C30H43N7O2Si. The summed E-state index contributed by atoms with van der Waals surface area (Å²) in [5.74, 6) is 3.43. The average molecular weight is 562 g/mol. The number of imidazole rings is 2. The van der Waals surface area contributed by atoms with E-state index in [1.54, 1.807) is 6.33 Å². The molecule has 0 saturated heterocycles. The Balaban J connectivity index is 1.42. The molecule has 1 aliphatic heterocycles. The molecule has 0 spiro atoms. The summed E-state index contributed by atoms with van der Waals surface area (Å²) in [6, 6.07) is 6.47. The molecule has 0 aliphatic carbocycles. The Kier molecular flexibility index (Phi) is 7.07. The molecule has 10 heteroatoms. The van der Waals surface area contributed by atoms with Crippen LogP contribution in [0.25, 0.3) is 34.2 Å². The number of aromatic nitrogens is 7. The summed E-state index contributed by atoms with van der Waals surface area (Å²) >= 11 is 0. The number of hydrogen-bond donors (Lipinski definition) is 0. The van der Waals surface area contributed by atoms with Gasteiger partial charge in [0.15, 0.2) is 14.1 Å². The smallest absolute Gasteiger partial charge is 0.192 e. The fourth-order valence-corrected chi connectivity index (χ4v) is 6.81. The van der Waals surface area contributed by atoms with Gasteiger partial charge in [-0.2, -0.15) is 5.10 Å². The number of ether oxygens (including phenoxy) is 1. The van der Waals surface area contributed by atoms with Gasteiger partial charge in [-0.15, -0.1) is 0 Å². The van der Waals surface area contributed by atoms with Crippen LogP contribution in [0.4, 0.5) is 0 Å². The van der Waals surface area contributed by atoms with Gasteiger partial charge in [-0.3, -0.25) is 0 Å². The van der Waals surface area contributed by atoms with Crippen LogP contribution in [0.1, 0.15) is 60.3 Å². The zero-order valence-electron chi connectivity index (χ0n) is 25.6. The highest BCUT2D eigenvalue weighted by Gasteiger charge is 2.41. The molecule has 9 nitrogen and oxygen atoms in total. The minimum atomic E-state index is -1.91.